The molecule has 158 valence electrons. The van der Waals surface area contributed by atoms with Gasteiger partial charge in [-0.3, -0.25) is 0 Å². The van der Waals surface area contributed by atoms with Gasteiger partial charge in [-0.25, -0.2) is 14.4 Å². The maximum atomic E-state index is 13.9. The summed E-state index contributed by atoms with van der Waals surface area (Å²) < 4.78 is 24.4. The monoisotopic (exact) mass is 420 g/mol. The Bertz CT molecular complexity index is 1200. The molecule has 3 heterocycles. The summed E-state index contributed by atoms with van der Waals surface area (Å²) in [6.07, 6.45) is 1.56. The molecular weight excluding hydrogens is 399 g/mol. The molecule has 1 aliphatic heterocycles. The molecule has 0 unspecified atom stereocenters. The average Bonchev–Trinajstić information content (AvgIpc) is 3.29. The standard InChI is InChI=1S/C22H21FN6O2/c1-30-18-12-14(2-7-17(18)23)19-20-21(25-13-24-20)28-22(27-19)26-15-3-5-16(6-4-15)29-8-10-31-11-9-29/h2-7,12-13H,8-11H2,1H3,(H2,24,25,26,27,28). The number of fused-ring (bicyclic) bond motifs is 1. The quantitative estimate of drug-likeness (QED) is 0.508. The minimum atomic E-state index is -0.431. The molecule has 1 fully saturated rings. The lowest BCUT2D eigenvalue weighted by Gasteiger charge is -2.28. The van der Waals surface area contributed by atoms with E-state index in [-0.39, 0.29) is 5.75 Å². The Labute approximate surface area is 178 Å². The zero-order valence-corrected chi connectivity index (χ0v) is 16.9. The molecule has 4 aromatic rings. The van der Waals surface area contributed by atoms with E-state index < -0.39 is 5.82 Å². The highest BCUT2D eigenvalue weighted by Gasteiger charge is 2.15. The molecule has 31 heavy (non-hydrogen) atoms. The number of halogens is 1. The Morgan fingerprint density at radius 1 is 1.10 bits per heavy atom. The Morgan fingerprint density at radius 2 is 1.90 bits per heavy atom. The van der Waals surface area contributed by atoms with Crippen molar-refractivity contribution in [1.82, 2.24) is 19.9 Å². The molecule has 0 amide bonds. The van der Waals surface area contributed by atoms with Crippen molar-refractivity contribution >= 4 is 28.5 Å². The highest BCUT2D eigenvalue weighted by molar-refractivity contribution is 5.88. The number of imidazole rings is 1. The molecule has 8 nitrogen and oxygen atoms in total. The fourth-order valence-electron chi connectivity index (χ4n) is 3.61. The molecule has 0 bridgehead atoms. The van der Waals surface area contributed by atoms with Crippen LogP contribution in [0, 0.1) is 5.82 Å². The van der Waals surface area contributed by atoms with Gasteiger partial charge >= 0.3 is 0 Å². The average molecular weight is 420 g/mol. The van der Waals surface area contributed by atoms with Gasteiger partial charge in [-0.05, 0) is 42.5 Å². The highest BCUT2D eigenvalue weighted by atomic mass is 19.1. The van der Waals surface area contributed by atoms with Crippen LogP contribution in [0.1, 0.15) is 0 Å². The second-order valence-corrected chi connectivity index (χ2v) is 7.12. The normalized spacial score (nSPS) is 14.1. The molecule has 0 aliphatic carbocycles. The van der Waals surface area contributed by atoms with E-state index >= 15 is 0 Å². The second kappa shape index (κ2) is 8.19. The first kappa shape index (κ1) is 19.3. The van der Waals surface area contributed by atoms with E-state index in [1.807, 2.05) is 12.1 Å². The maximum absolute atomic E-state index is 13.9. The number of nitrogens with zero attached hydrogens (tertiary/aromatic N) is 4. The van der Waals surface area contributed by atoms with Crippen LogP contribution in [-0.4, -0.2) is 53.3 Å². The van der Waals surface area contributed by atoms with E-state index in [4.69, 9.17) is 9.47 Å². The number of hydrogen-bond acceptors (Lipinski definition) is 7. The Morgan fingerprint density at radius 3 is 2.68 bits per heavy atom. The second-order valence-electron chi connectivity index (χ2n) is 7.12. The number of hydrogen-bond donors (Lipinski definition) is 2. The van der Waals surface area contributed by atoms with Crippen molar-refractivity contribution in [2.75, 3.05) is 43.6 Å². The van der Waals surface area contributed by atoms with Crippen molar-refractivity contribution in [3.05, 3.63) is 54.6 Å². The summed E-state index contributed by atoms with van der Waals surface area (Å²) in [6, 6.07) is 12.7. The smallest absolute Gasteiger partial charge is 0.229 e. The lowest BCUT2D eigenvalue weighted by Crippen LogP contribution is -2.36. The number of benzene rings is 2. The highest BCUT2D eigenvalue weighted by Crippen LogP contribution is 2.30. The Hall–Kier alpha value is -3.72. The number of rotatable bonds is 5. The lowest BCUT2D eigenvalue weighted by atomic mass is 10.1. The zero-order valence-electron chi connectivity index (χ0n) is 16.9. The largest absolute Gasteiger partial charge is 0.494 e. The Balaban J connectivity index is 1.45. The predicted octanol–water partition coefficient (Wildman–Crippen LogP) is 3.75. The summed E-state index contributed by atoms with van der Waals surface area (Å²) in [7, 11) is 1.43. The van der Waals surface area contributed by atoms with Gasteiger partial charge in [-0.2, -0.15) is 4.98 Å². The molecule has 9 heteroatoms. The zero-order chi connectivity index (χ0) is 21.2. The third-order valence-electron chi connectivity index (χ3n) is 5.21. The van der Waals surface area contributed by atoms with Gasteiger partial charge < -0.3 is 24.7 Å². The van der Waals surface area contributed by atoms with Crippen molar-refractivity contribution in [3.63, 3.8) is 0 Å². The van der Waals surface area contributed by atoms with Crippen molar-refractivity contribution in [1.29, 1.82) is 0 Å². The lowest BCUT2D eigenvalue weighted by molar-refractivity contribution is 0.122. The third kappa shape index (κ3) is 3.87. The topological polar surface area (TPSA) is 88.2 Å². The molecular formula is C22H21FN6O2. The van der Waals surface area contributed by atoms with Crippen molar-refractivity contribution in [3.8, 4) is 17.0 Å². The van der Waals surface area contributed by atoms with Crippen LogP contribution >= 0.6 is 0 Å². The number of methoxy groups -OCH3 is 1. The van der Waals surface area contributed by atoms with E-state index in [9.17, 15) is 4.39 Å². The van der Waals surface area contributed by atoms with Crippen LogP contribution in [0.15, 0.2) is 48.8 Å². The number of morpholine rings is 1. The summed E-state index contributed by atoms with van der Waals surface area (Å²) in [5, 5.41) is 3.24. The van der Waals surface area contributed by atoms with Crippen LogP contribution in [0.25, 0.3) is 22.4 Å². The fraction of sp³-hybridized carbons (Fsp3) is 0.227. The number of aromatic amines is 1. The van der Waals surface area contributed by atoms with Crippen LogP contribution in [-0.2, 0) is 4.74 Å². The van der Waals surface area contributed by atoms with Crippen LogP contribution < -0.4 is 15.0 Å². The minimum absolute atomic E-state index is 0.150. The maximum Gasteiger partial charge on any atom is 0.229 e. The Kier molecular flexibility index (Phi) is 5.09. The summed E-state index contributed by atoms with van der Waals surface area (Å²) >= 11 is 0. The van der Waals surface area contributed by atoms with Gasteiger partial charge in [0, 0.05) is 30.0 Å². The summed E-state index contributed by atoms with van der Waals surface area (Å²) in [5.74, 6) is 0.119. The molecule has 5 rings (SSSR count). The van der Waals surface area contributed by atoms with Crippen LogP contribution in [0.4, 0.5) is 21.7 Å². The van der Waals surface area contributed by atoms with E-state index in [1.165, 1.54) is 13.2 Å². The van der Waals surface area contributed by atoms with Crippen molar-refractivity contribution < 1.29 is 13.9 Å². The van der Waals surface area contributed by atoms with Crippen molar-refractivity contribution in [2.45, 2.75) is 0 Å². The van der Waals surface area contributed by atoms with Gasteiger partial charge in [0.2, 0.25) is 5.95 Å². The number of aromatic nitrogens is 4. The first-order chi connectivity index (χ1) is 15.2. The summed E-state index contributed by atoms with van der Waals surface area (Å²) in [4.78, 5) is 18.8. The number of anilines is 3. The van der Waals surface area contributed by atoms with E-state index in [1.54, 1.807) is 18.5 Å². The first-order valence-corrected chi connectivity index (χ1v) is 9.96. The van der Waals surface area contributed by atoms with Crippen molar-refractivity contribution in [2.24, 2.45) is 0 Å². The van der Waals surface area contributed by atoms with Gasteiger partial charge in [0.15, 0.2) is 17.2 Å². The molecule has 2 aromatic carbocycles. The van der Waals surface area contributed by atoms with E-state index in [0.717, 1.165) is 37.7 Å². The predicted molar refractivity (Wildman–Crippen MR) is 116 cm³/mol. The molecule has 1 saturated heterocycles. The summed E-state index contributed by atoms with van der Waals surface area (Å²) in [6.45, 7) is 3.26. The molecule has 0 atom stereocenters. The van der Waals surface area contributed by atoms with E-state index in [0.29, 0.717) is 28.4 Å². The van der Waals surface area contributed by atoms with Crippen LogP contribution in [0.3, 0.4) is 0 Å². The third-order valence-corrected chi connectivity index (χ3v) is 5.21. The van der Waals surface area contributed by atoms with Gasteiger partial charge in [0.1, 0.15) is 11.2 Å². The molecule has 2 N–H and O–H groups in total. The van der Waals surface area contributed by atoms with Gasteiger partial charge in [-0.1, -0.05) is 0 Å². The van der Waals surface area contributed by atoms with Crippen LogP contribution in [0.5, 0.6) is 5.75 Å². The SMILES string of the molecule is COc1cc(-c2nc(Nc3ccc(N4CCOCC4)cc3)nc3nc[nH]c23)ccc1F. The van der Waals surface area contributed by atoms with Gasteiger partial charge in [0.25, 0.3) is 0 Å². The number of nitrogens with one attached hydrogen (secondary N) is 2. The number of H-pyrrole nitrogens is 1. The van der Waals surface area contributed by atoms with Crippen LogP contribution in [0.2, 0.25) is 0 Å². The molecule has 2 aromatic heterocycles. The molecule has 0 saturated carbocycles. The minimum Gasteiger partial charge on any atom is -0.494 e. The van der Waals surface area contributed by atoms with Gasteiger partial charge in [0.05, 0.1) is 26.7 Å². The number of ether oxygens (including phenoxy) is 2. The molecule has 1 aliphatic rings. The van der Waals surface area contributed by atoms with E-state index in [2.05, 4.69) is 42.3 Å². The van der Waals surface area contributed by atoms with Gasteiger partial charge in [-0.15, -0.1) is 0 Å². The summed E-state index contributed by atoms with van der Waals surface area (Å²) in [5.41, 5.74) is 4.49. The molecule has 0 radical (unpaired) electrons. The molecule has 0 spiro atoms. The first-order valence-electron chi connectivity index (χ1n) is 9.96. The fourth-order valence-corrected chi connectivity index (χ4v) is 3.61.